The Labute approximate surface area is 152 Å². The Balaban J connectivity index is 1.85. The maximum Gasteiger partial charge on any atom is 0.345 e. The second-order valence-corrected chi connectivity index (χ2v) is 7.72. The van der Waals surface area contributed by atoms with E-state index in [9.17, 15) is 9.59 Å². The van der Waals surface area contributed by atoms with Gasteiger partial charge in [0.05, 0.1) is 5.56 Å². The number of hydrogen-bond donors (Lipinski definition) is 0. The quantitative estimate of drug-likeness (QED) is 0.840. The molecule has 1 saturated heterocycles. The van der Waals surface area contributed by atoms with Gasteiger partial charge in [-0.2, -0.15) is 5.10 Å². The number of carbonyl (C=O) groups excluding carboxylic acids is 1. The first-order valence-corrected chi connectivity index (χ1v) is 9.85. The van der Waals surface area contributed by atoms with Crippen LogP contribution >= 0.6 is 11.3 Å². The molecule has 0 aromatic carbocycles. The summed E-state index contributed by atoms with van der Waals surface area (Å²) in [5, 5.41) is 6.43. The SMILES string of the molecule is CCc1c(C(=O)N2CCC[C@@H](c3nn(C)c(=O)n3CC)C2)csc1C. The first kappa shape index (κ1) is 17.9. The van der Waals surface area contributed by atoms with Crippen molar-refractivity contribution in [3.63, 3.8) is 0 Å². The first-order valence-electron chi connectivity index (χ1n) is 8.97. The van der Waals surface area contributed by atoms with Gasteiger partial charge in [-0.1, -0.05) is 6.92 Å². The van der Waals surface area contributed by atoms with Gasteiger partial charge in [0.2, 0.25) is 0 Å². The van der Waals surface area contributed by atoms with Crippen LogP contribution in [0.5, 0.6) is 0 Å². The van der Waals surface area contributed by atoms with Crippen LogP contribution in [0.3, 0.4) is 0 Å². The van der Waals surface area contributed by atoms with Crippen LogP contribution in [0.2, 0.25) is 0 Å². The Kier molecular flexibility index (Phi) is 5.13. The second kappa shape index (κ2) is 7.15. The summed E-state index contributed by atoms with van der Waals surface area (Å²) in [5.74, 6) is 1.05. The van der Waals surface area contributed by atoms with Crippen LogP contribution in [0.25, 0.3) is 0 Å². The molecule has 0 bridgehead atoms. The smallest absolute Gasteiger partial charge is 0.338 e. The molecule has 1 amide bonds. The lowest BCUT2D eigenvalue weighted by Crippen LogP contribution is -2.40. The van der Waals surface area contributed by atoms with Crippen molar-refractivity contribution in [3.8, 4) is 0 Å². The molecule has 0 N–H and O–H groups in total. The van der Waals surface area contributed by atoms with Crippen LogP contribution in [0.15, 0.2) is 10.2 Å². The zero-order chi connectivity index (χ0) is 18.1. The Morgan fingerprint density at radius 1 is 1.40 bits per heavy atom. The Bertz CT molecular complexity index is 833. The van der Waals surface area contributed by atoms with Crippen molar-refractivity contribution in [2.45, 2.75) is 52.5 Å². The van der Waals surface area contributed by atoms with Crippen LogP contribution in [0, 0.1) is 6.92 Å². The molecule has 136 valence electrons. The van der Waals surface area contributed by atoms with E-state index in [1.807, 2.05) is 17.2 Å². The second-order valence-electron chi connectivity index (χ2n) is 6.64. The van der Waals surface area contributed by atoms with Gasteiger partial charge in [0, 0.05) is 42.9 Å². The largest absolute Gasteiger partial charge is 0.345 e. The molecule has 1 aliphatic heterocycles. The lowest BCUT2D eigenvalue weighted by Gasteiger charge is -2.32. The minimum Gasteiger partial charge on any atom is -0.338 e. The molecular weight excluding hydrogens is 336 g/mol. The third kappa shape index (κ3) is 3.17. The molecular formula is C18H26N4O2S. The van der Waals surface area contributed by atoms with Crippen molar-refractivity contribution < 1.29 is 4.79 Å². The van der Waals surface area contributed by atoms with Crippen LogP contribution in [0.1, 0.15) is 59.2 Å². The van der Waals surface area contributed by atoms with E-state index in [2.05, 4.69) is 18.9 Å². The average molecular weight is 362 g/mol. The molecule has 2 aromatic rings. The number of rotatable bonds is 4. The summed E-state index contributed by atoms with van der Waals surface area (Å²) in [6.45, 7) is 8.14. The van der Waals surface area contributed by atoms with E-state index in [-0.39, 0.29) is 17.5 Å². The van der Waals surface area contributed by atoms with Crippen molar-refractivity contribution in [2.24, 2.45) is 7.05 Å². The average Bonchev–Trinajstić information content (AvgIpc) is 3.14. The molecule has 2 aromatic heterocycles. The standard InChI is InChI=1S/C18H26N4O2S/c1-5-14-12(3)25-11-15(14)17(23)21-9-7-8-13(10-21)16-19-20(4)18(24)22(16)6-2/h11,13H,5-10H2,1-4H3/t13-/m1/s1. The predicted molar refractivity (Wildman–Crippen MR) is 99.5 cm³/mol. The van der Waals surface area contributed by atoms with Crippen LogP contribution in [-0.2, 0) is 20.0 Å². The summed E-state index contributed by atoms with van der Waals surface area (Å²) < 4.78 is 3.13. The number of nitrogens with zero attached hydrogens (tertiary/aromatic N) is 4. The lowest BCUT2D eigenvalue weighted by molar-refractivity contribution is 0.0702. The molecule has 0 saturated carbocycles. The highest BCUT2D eigenvalue weighted by Gasteiger charge is 2.30. The number of aromatic nitrogens is 3. The van der Waals surface area contributed by atoms with Gasteiger partial charge in [-0.3, -0.25) is 9.36 Å². The van der Waals surface area contributed by atoms with Crippen LogP contribution in [0.4, 0.5) is 0 Å². The number of amides is 1. The van der Waals surface area contributed by atoms with Crippen molar-refractivity contribution in [2.75, 3.05) is 13.1 Å². The summed E-state index contributed by atoms with van der Waals surface area (Å²) in [7, 11) is 1.69. The molecule has 1 atom stereocenters. The normalized spacial score (nSPS) is 17.9. The van der Waals surface area contributed by atoms with E-state index in [0.717, 1.165) is 37.2 Å². The summed E-state index contributed by atoms with van der Waals surface area (Å²) in [6.07, 6.45) is 2.78. The lowest BCUT2D eigenvalue weighted by atomic mass is 9.96. The van der Waals surface area contributed by atoms with E-state index in [4.69, 9.17) is 0 Å². The topological polar surface area (TPSA) is 60.1 Å². The van der Waals surface area contributed by atoms with E-state index in [1.54, 1.807) is 23.0 Å². The van der Waals surface area contributed by atoms with Gasteiger partial charge in [-0.15, -0.1) is 11.3 Å². The van der Waals surface area contributed by atoms with Gasteiger partial charge in [-0.05, 0) is 38.7 Å². The molecule has 1 fully saturated rings. The highest BCUT2D eigenvalue weighted by Crippen LogP contribution is 2.29. The fourth-order valence-corrected chi connectivity index (χ4v) is 4.70. The van der Waals surface area contributed by atoms with E-state index in [1.165, 1.54) is 15.1 Å². The summed E-state index contributed by atoms with van der Waals surface area (Å²) in [6, 6.07) is 0. The molecule has 1 aliphatic rings. The monoisotopic (exact) mass is 362 g/mol. The molecule has 3 rings (SSSR count). The number of hydrogen-bond acceptors (Lipinski definition) is 4. The maximum atomic E-state index is 13.0. The zero-order valence-corrected chi connectivity index (χ0v) is 16.2. The fraction of sp³-hybridized carbons (Fsp3) is 0.611. The van der Waals surface area contributed by atoms with Crippen molar-refractivity contribution in [1.29, 1.82) is 0 Å². The molecule has 7 heteroatoms. The third-order valence-electron chi connectivity index (χ3n) is 5.11. The van der Waals surface area contributed by atoms with Crippen LogP contribution in [-0.4, -0.2) is 38.2 Å². The molecule has 0 spiro atoms. The van der Waals surface area contributed by atoms with Gasteiger partial charge in [0.1, 0.15) is 5.82 Å². The molecule has 0 unspecified atom stereocenters. The highest BCUT2D eigenvalue weighted by molar-refractivity contribution is 7.10. The number of likely N-dealkylation sites (tertiary alicyclic amines) is 1. The van der Waals surface area contributed by atoms with Gasteiger partial charge < -0.3 is 4.90 Å². The molecule has 0 aliphatic carbocycles. The Hall–Kier alpha value is -1.89. The number of piperidine rings is 1. The highest BCUT2D eigenvalue weighted by atomic mass is 32.1. The Morgan fingerprint density at radius 3 is 2.84 bits per heavy atom. The van der Waals surface area contributed by atoms with Gasteiger partial charge in [0.25, 0.3) is 5.91 Å². The van der Waals surface area contributed by atoms with E-state index in [0.29, 0.717) is 13.1 Å². The van der Waals surface area contributed by atoms with Crippen molar-refractivity contribution in [3.05, 3.63) is 37.7 Å². The number of carbonyl (C=O) groups is 1. The summed E-state index contributed by atoms with van der Waals surface area (Å²) >= 11 is 1.65. The number of aryl methyl sites for hydroxylation is 2. The summed E-state index contributed by atoms with van der Waals surface area (Å²) in [4.78, 5) is 28.4. The minimum absolute atomic E-state index is 0.0809. The Morgan fingerprint density at radius 2 is 2.16 bits per heavy atom. The van der Waals surface area contributed by atoms with E-state index >= 15 is 0 Å². The molecule has 3 heterocycles. The molecule has 6 nitrogen and oxygen atoms in total. The first-order chi connectivity index (χ1) is 12.0. The van der Waals surface area contributed by atoms with Gasteiger partial charge in [0.15, 0.2) is 0 Å². The maximum absolute atomic E-state index is 13.0. The van der Waals surface area contributed by atoms with Gasteiger partial charge in [-0.25, -0.2) is 9.48 Å². The van der Waals surface area contributed by atoms with Crippen molar-refractivity contribution >= 4 is 17.2 Å². The summed E-state index contributed by atoms with van der Waals surface area (Å²) in [5.41, 5.74) is 1.93. The van der Waals surface area contributed by atoms with Crippen LogP contribution < -0.4 is 5.69 Å². The molecule has 0 radical (unpaired) electrons. The zero-order valence-electron chi connectivity index (χ0n) is 15.4. The van der Waals surface area contributed by atoms with Crippen molar-refractivity contribution in [1.82, 2.24) is 19.2 Å². The minimum atomic E-state index is -0.0809. The van der Waals surface area contributed by atoms with E-state index < -0.39 is 0 Å². The third-order valence-corrected chi connectivity index (χ3v) is 6.07. The predicted octanol–water partition coefficient (Wildman–Crippen LogP) is 2.55. The van der Waals surface area contributed by atoms with Gasteiger partial charge >= 0.3 is 5.69 Å². The number of thiophene rings is 1. The molecule has 25 heavy (non-hydrogen) atoms. The fourth-order valence-electron chi connectivity index (χ4n) is 3.76.